The van der Waals surface area contributed by atoms with Gasteiger partial charge in [-0.05, 0) is 24.3 Å². The molecule has 1 N–H and O–H groups in total. The summed E-state index contributed by atoms with van der Waals surface area (Å²) in [5.74, 6) is -0.396. The van der Waals surface area contributed by atoms with Crippen LogP contribution in [0.1, 0.15) is 17.3 Å². The highest BCUT2D eigenvalue weighted by atomic mass is 35.5. The van der Waals surface area contributed by atoms with Crippen molar-refractivity contribution in [1.29, 1.82) is 0 Å². The minimum atomic E-state index is -0.547. The van der Waals surface area contributed by atoms with Crippen LogP contribution in [0.15, 0.2) is 42.5 Å². The number of benzene rings is 2. The number of rotatable bonds is 4. The van der Waals surface area contributed by atoms with Crippen LogP contribution in [0.3, 0.4) is 0 Å². The molecule has 2 amide bonds. The Kier molecular flexibility index (Phi) is 5.79. The van der Waals surface area contributed by atoms with Gasteiger partial charge in [-0.3, -0.25) is 19.7 Å². The Bertz CT molecular complexity index is 926. The maximum absolute atomic E-state index is 12.4. The van der Waals surface area contributed by atoms with Gasteiger partial charge in [0.1, 0.15) is 0 Å². The topological polar surface area (TPSA) is 95.8 Å². The van der Waals surface area contributed by atoms with Crippen molar-refractivity contribution in [3.63, 3.8) is 0 Å². The van der Waals surface area contributed by atoms with Gasteiger partial charge in [0.25, 0.3) is 11.6 Å². The first-order valence-electron chi connectivity index (χ1n) is 8.71. The molecule has 3 rings (SSSR count). The van der Waals surface area contributed by atoms with Crippen LogP contribution in [0, 0.1) is 10.1 Å². The number of nitrogens with zero attached hydrogens (tertiary/aromatic N) is 3. The maximum Gasteiger partial charge on any atom is 0.270 e. The van der Waals surface area contributed by atoms with Crippen molar-refractivity contribution in [3.8, 4) is 0 Å². The highest BCUT2D eigenvalue weighted by Gasteiger charge is 2.20. The summed E-state index contributed by atoms with van der Waals surface area (Å²) in [6.45, 7) is 4.19. The molecule has 0 aromatic heterocycles. The molecule has 1 aliphatic rings. The zero-order valence-corrected chi connectivity index (χ0v) is 16.0. The summed E-state index contributed by atoms with van der Waals surface area (Å²) in [6.07, 6.45) is 0. The molecule has 0 spiro atoms. The van der Waals surface area contributed by atoms with Gasteiger partial charge in [0.2, 0.25) is 5.91 Å². The Morgan fingerprint density at radius 1 is 1.11 bits per heavy atom. The Balaban J connectivity index is 1.69. The third kappa shape index (κ3) is 4.40. The number of hydrogen-bond donors (Lipinski definition) is 1. The normalized spacial score (nSPS) is 13.9. The lowest BCUT2D eigenvalue weighted by Gasteiger charge is -2.36. The van der Waals surface area contributed by atoms with Crippen molar-refractivity contribution in [2.24, 2.45) is 0 Å². The number of nitrogens with one attached hydrogen (secondary N) is 1. The van der Waals surface area contributed by atoms with E-state index in [-0.39, 0.29) is 17.2 Å². The Labute approximate surface area is 166 Å². The second-order valence-corrected chi connectivity index (χ2v) is 6.83. The molecule has 0 atom stereocenters. The number of halogens is 1. The van der Waals surface area contributed by atoms with Gasteiger partial charge < -0.3 is 15.1 Å². The number of hydrogen-bond acceptors (Lipinski definition) is 5. The van der Waals surface area contributed by atoms with E-state index in [1.165, 1.54) is 24.3 Å². The summed E-state index contributed by atoms with van der Waals surface area (Å²) < 4.78 is 0. The largest absolute Gasteiger partial charge is 0.367 e. The SMILES string of the molecule is CC(=O)N1CCN(c2ccc(NC(=O)c3cccc([N+](=O)[O-])c3)cc2Cl)CC1. The number of amides is 2. The lowest BCUT2D eigenvalue weighted by molar-refractivity contribution is -0.384. The van der Waals surface area contributed by atoms with Crippen molar-refractivity contribution < 1.29 is 14.5 Å². The molecule has 0 unspecified atom stereocenters. The van der Waals surface area contributed by atoms with Crippen LogP contribution in [-0.4, -0.2) is 47.8 Å². The van der Waals surface area contributed by atoms with Gasteiger partial charge in [0, 0.05) is 56.5 Å². The van der Waals surface area contributed by atoms with Crippen molar-refractivity contribution in [2.75, 3.05) is 36.4 Å². The van der Waals surface area contributed by atoms with Crippen LogP contribution in [0.5, 0.6) is 0 Å². The lowest BCUT2D eigenvalue weighted by Crippen LogP contribution is -2.48. The number of anilines is 2. The second-order valence-electron chi connectivity index (χ2n) is 6.42. The summed E-state index contributed by atoms with van der Waals surface area (Å²) in [7, 11) is 0. The molecule has 1 fully saturated rings. The molecule has 2 aromatic rings. The number of nitro benzene ring substituents is 1. The van der Waals surface area contributed by atoms with Crippen molar-refractivity contribution in [3.05, 3.63) is 63.2 Å². The van der Waals surface area contributed by atoms with E-state index >= 15 is 0 Å². The van der Waals surface area contributed by atoms with Gasteiger partial charge in [-0.15, -0.1) is 0 Å². The molecule has 2 aromatic carbocycles. The number of nitro groups is 1. The van der Waals surface area contributed by atoms with E-state index in [2.05, 4.69) is 10.2 Å². The van der Waals surface area contributed by atoms with Crippen LogP contribution in [0.2, 0.25) is 5.02 Å². The van der Waals surface area contributed by atoms with Crippen molar-refractivity contribution in [2.45, 2.75) is 6.92 Å². The van der Waals surface area contributed by atoms with E-state index in [4.69, 9.17) is 11.6 Å². The van der Waals surface area contributed by atoms with Crippen LogP contribution in [-0.2, 0) is 4.79 Å². The lowest BCUT2D eigenvalue weighted by atomic mass is 10.1. The zero-order chi connectivity index (χ0) is 20.3. The highest BCUT2D eigenvalue weighted by molar-refractivity contribution is 6.33. The third-order valence-electron chi connectivity index (χ3n) is 4.59. The van der Waals surface area contributed by atoms with E-state index in [0.29, 0.717) is 36.9 Å². The van der Waals surface area contributed by atoms with Gasteiger partial charge in [-0.25, -0.2) is 0 Å². The van der Waals surface area contributed by atoms with Gasteiger partial charge >= 0.3 is 0 Å². The van der Waals surface area contributed by atoms with Gasteiger partial charge in [0.15, 0.2) is 0 Å². The van der Waals surface area contributed by atoms with Gasteiger partial charge in [-0.2, -0.15) is 0 Å². The average Bonchev–Trinajstić information content (AvgIpc) is 2.68. The molecular formula is C19H19ClN4O4. The number of non-ortho nitro benzene ring substituents is 1. The Morgan fingerprint density at radius 3 is 2.43 bits per heavy atom. The van der Waals surface area contributed by atoms with Crippen LogP contribution < -0.4 is 10.2 Å². The second kappa shape index (κ2) is 8.26. The number of piperazine rings is 1. The fourth-order valence-electron chi connectivity index (χ4n) is 3.07. The van der Waals surface area contributed by atoms with Crippen LogP contribution in [0.4, 0.5) is 17.1 Å². The molecule has 1 saturated heterocycles. The molecule has 9 heteroatoms. The molecule has 0 saturated carbocycles. The predicted octanol–water partition coefficient (Wildman–Crippen LogP) is 3.17. The molecule has 8 nitrogen and oxygen atoms in total. The van der Waals surface area contributed by atoms with Crippen molar-refractivity contribution in [1.82, 2.24) is 4.90 Å². The van der Waals surface area contributed by atoms with E-state index in [0.717, 1.165) is 5.69 Å². The molecule has 28 heavy (non-hydrogen) atoms. The summed E-state index contributed by atoms with van der Waals surface area (Å²) in [4.78, 5) is 38.0. The Hall–Kier alpha value is -3.13. The summed E-state index contributed by atoms with van der Waals surface area (Å²) in [5.41, 5.74) is 1.37. The van der Waals surface area contributed by atoms with Crippen molar-refractivity contribution >= 4 is 40.5 Å². The first-order valence-corrected chi connectivity index (χ1v) is 9.09. The first kappa shape index (κ1) is 19.6. The third-order valence-corrected chi connectivity index (χ3v) is 4.89. The number of carbonyl (C=O) groups is 2. The zero-order valence-electron chi connectivity index (χ0n) is 15.2. The maximum atomic E-state index is 12.4. The van der Waals surface area contributed by atoms with E-state index < -0.39 is 10.8 Å². The first-order chi connectivity index (χ1) is 13.3. The highest BCUT2D eigenvalue weighted by Crippen LogP contribution is 2.30. The molecule has 0 aliphatic carbocycles. The molecular weight excluding hydrogens is 384 g/mol. The Morgan fingerprint density at radius 2 is 1.82 bits per heavy atom. The molecule has 1 heterocycles. The fourth-order valence-corrected chi connectivity index (χ4v) is 3.37. The van der Waals surface area contributed by atoms with E-state index in [1.54, 1.807) is 24.0 Å². The smallest absolute Gasteiger partial charge is 0.270 e. The summed E-state index contributed by atoms with van der Waals surface area (Å²) >= 11 is 6.40. The standard InChI is InChI=1S/C19H19ClN4O4/c1-13(25)22-7-9-23(10-8-22)18-6-5-15(12-17(18)20)21-19(26)14-3-2-4-16(11-14)24(27)28/h2-6,11-12H,7-10H2,1H3,(H,21,26). The predicted molar refractivity (Wildman–Crippen MR) is 107 cm³/mol. The fraction of sp³-hybridized carbons (Fsp3) is 0.263. The van der Waals surface area contributed by atoms with E-state index in [9.17, 15) is 19.7 Å². The van der Waals surface area contributed by atoms with Gasteiger partial charge in [-0.1, -0.05) is 17.7 Å². The molecule has 1 aliphatic heterocycles. The minimum absolute atomic E-state index is 0.0601. The van der Waals surface area contributed by atoms with Crippen LogP contribution in [0.25, 0.3) is 0 Å². The van der Waals surface area contributed by atoms with Gasteiger partial charge in [0.05, 0.1) is 15.6 Å². The minimum Gasteiger partial charge on any atom is -0.367 e. The summed E-state index contributed by atoms with van der Waals surface area (Å²) in [6, 6.07) is 10.7. The average molecular weight is 403 g/mol. The van der Waals surface area contributed by atoms with Crippen LogP contribution >= 0.6 is 11.6 Å². The molecule has 146 valence electrons. The number of carbonyl (C=O) groups excluding carboxylic acids is 2. The molecule has 0 radical (unpaired) electrons. The quantitative estimate of drug-likeness (QED) is 0.626. The molecule has 0 bridgehead atoms. The van der Waals surface area contributed by atoms with E-state index in [1.807, 2.05) is 6.07 Å². The summed E-state index contributed by atoms with van der Waals surface area (Å²) in [5, 5.41) is 14.0. The monoisotopic (exact) mass is 402 g/mol.